The zero-order valence-electron chi connectivity index (χ0n) is 13.0. The number of rotatable bonds is 5. The highest BCUT2D eigenvalue weighted by molar-refractivity contribution is 5.74. The molecule has 0 saturated heterocycles. The molecule has 0 fully saturated rings. The molecule has 0 bridgehead atoms. The van der Waals surface area contributed by atoms with Crippen LogP contribution in [-0.2, 0) is 0 Å². The van der Waals surface area contributed by atoms with Crippen LogP contribution in [0.5, 0.6) is 0 Å². The summed E-state index contributed by atoms with van der Waals surface area (Å²) in [6, 6.07) is 7.38. The standard InChI is InChI=1S/C15H21N5O2/c1-11(21)8-19(3)15(22)18-12(2)13-4-6-14(7-5-13)20-10-16-9-17-20/h4-7,9-12,21H,8H2,1-3H3,(H,18,22). The van der Waals surface area contributed by atoms with Crippen LogP contribution in [0.1, 0.15) is 25.5 Å². The zero-order chi connectivity index (χ0) is 16.1. The van der Waals surface area contributed by atoms with E-state index in [2.05, 4.69) is 15.4 Å². The predicted octanol–water partition coefficient (Wildman–Crippen LogP) is 1.35. The highest BCUT2D eigenvalue weighted by Crippen LogP contribution is 2.15. The Balaban J connectivity index is 1.98. The number of carbonyl (C=O) groups is 1. The Kier molecular flexibility index (Phi) is 5.11. The Morgan fingerprint density at radius 1 is 1.36 bits per heavy atom. The largest absolute Gasteiger partial charge is 0.392 e. The van der Waals surface area contributed by atoms with Gasteiger partial charge in [-0.25, -0.2) is 14.5 Å². The molecular formula is C15H21N5O2. The van der Waals surface area contributed by atoms with E-state index >= 15 is 0 Å². The van der Waals surface area contributed by atoms with Crippen molar-refractivity contribution >= 4 is 6.03 Å². The van der Waals surface area contributed by atoms with E-state index in [0.29, 0.717) is 6.54 Å². The SMILES string of the molecule is CC(O)CN(C)C(=O)NC(C)c1ccc(-n2cncn2)cc1. The third kappa shape index (κ3) is 4.05. The number of amides is 2. The quantitative estimate of drug-likeness (QED) is 0.873. The van der Waals surface area contributed by atoms with Crippen LogP contribution >= 0.6 is 0 Å². The number of urea groups is 1. The van der Waals surface area contributed by atoms with Crippen LogP contribution in [0.25, 0.3) is 5.69 Å². The second kappa shape index (κ2) is 7.04. The first kappa shape index (κ1) is 16.0. The van der Waals surface area contributed by atoms with Crippen molar-refractivity contribution in [3.05, 3.63) is 42.5 Å². The molecule has 7 heteroatoms. The number of aliphatic hydroxyl groups excluding tert-OH is 1. The third-order valence-corrected chi connectivity index (χ3v) is 3.30. The summed E-state index contributed by atoms with van der Waals surface area (Å²) >= 11 is 0. The Morgan fingerprint density at radius 3 is 2.59 bits per heavy atom. The second-order valence-corrected chi connectivity index (χ2v) is 5.33. The van der Waals surface area contributed by atoms with E-state index in [1.54, 1.807) is 25.0 Å². The highest BCUT2D eigenvalue weighted by atomic mass is 16.3. The molecule has 0 spiro atoms. The second-order valence-electron chi connectivity index (χ2n) is 5.33. The summed E-state index contributed by atoms with van der Waals surface area (Å²) < 4.78 is 1.67. The lowest BCUT2D eigenvalue weighted by Gasteiger charge is -2.22. The normalized spacial score (nSPS) is 13.5. The molecule has 2 aromatic rings. The van der Waals surface area contributed by atoms with Gasteiger partial charge in [-0.15, -0.1) is 0 Å². The molecule has 2 unspecified atom stereocenters. The van der Waals surface area contributed by atoms with Gasteiger partial charge >= 0.3 is 6.03 Å². The predicted molar refractivity (Wildman–Crippen MR) is 82.6 cm³/mol. The number of carbonyl (C=O) groups excluding carboxylic acids is 1. The molecule has 0 radical (unpaired) electrons. The molecule has 1 aromatic heterocycles. The maximum atomic E-state index is 12.0. The number of nitrogens with zero attached hydrogens (tertiary/aromatic N) is 4. The van der Waals surface area contributed by atoms with Crippen molar-refractivity contribution in [1.82, 2.24) is 25.0 Å². The fraction of sp³-hybridized carbons (Fsp3) is 0.400. The summed E-state index contributed by atoms with van der Waals surface area (Å²) in [5, 5.41) is 16.3. The number of benzene rings is 1. The van der Waals surface area contributed by atoms with Crippen molar-refractivity contribution in [2.45, 2.75) is 26.0 Å². The topological polar surface area (TPSA) is 83.3 Å². The number of hydrogen-bond donors (Lipinski definition) is 2. The number of likely N-dealkylation sites (N-methyl/N-ethyl adjacent to an activating group) is 1. The van der Waals surface area contributed by atoms with E-state index in [0.717, 1.165) is 11.3 Å². The van der Waals surface area contributed by atoms with Gasteiger partial charge in [-0.05, 0) is 31.5 Å². The molecule has 7 nitrogen and oxygen atoms in total. The summed E-state index contributed by atoms with van der Waals surface area (Å²) in [6.07, 6.45) is 2.56. The van der Waals surface area contributed by atoms with Crippen LogP contribution in [0, 0.1) is 0 Å². The molecule has 0 aliphatic rings. The molecule has 1 aromatic carbocycles. The Hall–Kier alpha value is -2.41. The van der Waals surface area contributed by atoms with Gasteiger partial charge in [-0.3, -0.25) is 0 Å². The van der Waals surface area contributed by atoms with E-state index in [9.17, 15) is 9.90 Å². The van der Waals surface area contributed by atoms with Crippen molar-refractivity contribution in [3.63, 3.8) is 0 Å². The highest BCUT2D eigenvalue weighted by Gasteiger charge is 2.14. The molecule has 2 amide bonds. The fourth-order valence-electron chi connectivity index (χ4n) is 2.12. The van der Waals surface area contributed by atoms with Gasteiger partial charge in [0.25, 0.3) is 0 Å². The van der Waals surface area contributed by atoms with Gasteiger partial charge in [-0.1, -0.05) is 12.1 Å². The minimum Gasteiger partial charge on any atom is -0.392 e. The first-order valence-corrected chi connectivity index (χ1v) is 7.12. The van der Waals surface area contributed by atoms with E-state index < -0.39 is 6.10 Å². The molecule has 0 aliphatic carbocycles. The van der Waals surface area contributed by atoms with Gasteiger partial charge < -0.3 is 15.3 Å². The van der Waals surface area contributed by atoms with E-state index in [-0.39, 0.29) is 12.1 Å². The van der Waals surface area contributed by atoms with Gasteiger partial charge in [-0.2, -0.15) is 5.10 Å². The van der Waals surface area contributed by atoms with E-state index in [1.807, 2.05) is 31.2 Å². The first-order valence-electron chi connectivity index (χ1n) is 7.12. The Morgan fingerprint density at radius 2 is 2.05 bits per heavy atom. The molecular weight excluding hydrogens is 282 g/mol. The summed E-state index contributed by atoms with van der Waals surface area (Å²) in [4.78, 5) is 17.4. The van der Waals surface area contributed by atoms with Gasteiger partial charge in [0, 0.05) is 13.6 Å². The molecule has 2 N–H and O–H groups in total. The number of hydrogen-bond acceptors (Lipinski definition) is 4. The lowest BCUT2D eigenvalue weighted by molar-refractivity contribution is 0.142. The maximum Gasteiger partial charge on any atom is 0.317 e. The van der Waals surface area contributed by atoms with Crippen LogP contribution < -0.4 is 5.32 Å². The van der Waals surface area contributed by atoms with Gasteiger partial charge in [0.05, 0.1) is 17.8 Å². The molecule has 2 rings (SSSR count). The third-order valence-electron chi connectivity index (χ3n) is 3.30. The number of nitrogens with one attached hydrogen (secondary N) is 1. The zero-order valence-corrected chi connectivity index (χ0v) is 13.0. The Bertz CT molecular complexity index is 595. The number of aliphatic hydroxyl groups is 1. The lowest BCUT2D eigenvalue weighted by Crippen LogP contribution is -2.41. The molecule has 0 aliphatic heterocycles. The summed E-state index contributed by atoms with van der Waals surface area (Å²) in [7, 11) is 1.66. The monoisotopic (exact) mass is 303 g/mol. The van der Waals surface area contributed by atoms with Gasteiger partial charge in [0.1, 0.15) is 12.7 Å². The van der Waals surface area contributed by atoms with Crippen molar-refractivity contribution in [1.29, 1.82) is 0 Å². The minimum atomic E-state index is -0.548. The minimum absolute atomic E-state index is 0.131. The summed E-state index contributed by atoms with van der Waals surface area (Å²) in [6.45, 7) is 3.86. The fourth-order valence-corrected chi connectivity index (χ4v) is 2.12. The van der Waals surface area contributed by atoms with Crippen LogP contribution in [0.3, 0.4) is 0 Å². The summed E-state index contributed by atoms with van der Waals surface area (Å²) in [5.41, 5.74) is 1.90. The van der Waals surface area contributed by atoms with Crippen LogP contribution in [0.2, 0.25) is 0 Å². The molecule has 0 saturated carbocycles. The van der Waals surface area contributed by atoms with Crippen molar-refractivity contribution < 1.29 is 9.90 Å². The maximum absolute atomic E-state index is 12.0. The molecule has 2 atom stereocenters. The van der Waals surface area contributed by atoms with E-state index in [4.69, 9.17) is 0 Å². The smallest absolute Gasteiger partial charge is 0.317 e. The Labute approximate surface area is 129 Å². The lowest BCUT2D eigenvalue weighted by atomic mass is 10.1. The number of aromatic nitrogens is 3. The van der Waals surface area contributed by atoms with Gasteiger partial charge in [0.15, 0.2) is 0 Å². The van der Waals surface area contributed by atoms with Crippen LogP contribution in [-0.4, -0.2) is 50.5 Å². The molecule has 118 valence electrons. The van der Waals surface area contributed by atoms with Crippen LogP contribution in [0.4, 0.5) is 4.79 Å². The van der Waals surface area contributed by atoms with Crippen molar-refractivity contribution in [2.75, 3.05) is 13.6 Å². The van der Waals surface area contributed by atoms with Crippen molar-refractivity contribution in [2.24, 2.45) is 0 Å². The first-order chi connectivity index (χ1) is 10.5. The van der Waals surface area contributed by atoms with E-state index in [1.165, 1.54) is 11.2 Å². The summed E-state index contributed by atoms with van der Waals surface area (Å²) in [5.74, 6) is 0. The van der Waals surface area contributed by atoms with Crippen molar-refractivity contribution in [3.8, 4) is 5.69 Å². The molecule has 1 heterocycles. The molecule has 22 heavy (non-hydrogen) atoms. The van der Waals surface area contributed by atoms with Crippen LogP contribution in [0.15, 0.2) is 36.9 Å². The average molecular weight is 303 g/mol. The van der Waals surface area contributed by atoms with Gasteiger partial charge in [0.2, 0.25) is 0 Å². The average Bonchev–Trinajstić information content (AvgIpc) is 3.00.